The zero-order valence-corrected chi connectivity index (χ0v) is 15.6. The molecule has 0 aliphatic heterocycles. The Hall–Kier alpha value is -2.91. The lowest BCUT2D eigenvalue weighted by Crippen LogP contribution is -2.12. The fourth-order valence-corrected chi connectivity index (χ4v) is 4.32. The number of tetrazole rings is 1. The van der Waals surface area contributed by atoms with Crippen LogP contribution in [0.3, 0.4) is 0 Å². The standard InChI is InChI=1S/C17H14N6OS2/c1-10-8-12(5-6-13(10)23-9-18-21-22-23)20-16(24)15-11(2)19-17(26-15)14-4-3-7-25-14/h3-9H,1-2H3,(H,20,24). The number of benzene rings is 1. The summed E-state index contributed by atoms with van der Waals surface area (Å²) in [5, 5.41) is 17.0. The lowest BCUT2D eigenvalue weighted by molar-refractivity contribution is 0.103. The molecule has 0 saturated heterocycles. The van der Waals surface area contributed by atoms with E-state index in [1.54, 1.807) is 16.0 Å². The van der Waals surface area contributed by atoms with Crippen molar-refractivity contribution < 1.29 is 4.79 Å². The number of nitrogens with one attached hydrogen (secondary N) is 1. The van der Waals surface area contributed by atoms with Crippen molar-refractivity contribution in [1.82, 2.24) is 25.2 Å². The molecule has 3 aromatic heterocycles. The Balaban J connectivity index is 1.56. The molecule has 1 amide bonds. The molecule has 26 heavy (non-hydrogen) atoms. The lowest BCUT2D eigenvalue weighted by Gasteiger charge is -2.08. The number of nitrogens with zero attached hydrogens (tertiary/aromatic N) is 5. The molecule has 3 heterocycles. The van der Waals surface area contributed by atoms with Crippen molar-refractivity contribution in [2.24, 2.45) is 0 Å². The number of anilines is 1. The van der Waals surface area contributed by atoms with E-state index in [1.807, 2.05) is 49.6 Å². The highest BCUT2D eigenvalue weighted by atomic mass is 32.1. The van der Waals surface area contributed by atoms with Gasteiger partial charge in [-0.25, -0.2) is 9.67 Å². The molecule has 0 bridgehead atoms. The average Bonchev–Trinajstić information content (AvgIpc) is 3.36. The molecule has 4 aromatic rings. The molecule has 0 aliphatic carbocycles. The van der Waals surface area contributed by atoms with Crippen LogP contribution in [0.1, 0.15) is 20.9 Å². The minimum Gasteiger partial charge on any atom is -0.321 e. The predicted octanol–water partition coefficient (Wildman–Crippen LogP) is 3.72. The summed E-state index contributed by atoms with van der Waals surface area (Å²) in [5.74, 6) is -0.155. The average molecular weight is 382 g/mol. The topological polar surface area (TPSA) is 85.6 Å². The van der Waals surface area contributed by atoms with Gasteiger partial charge in [-0.05, 0) is 59.5 Å². The third kappa shape index (κ3) is 3.14. The highest BCUT2D eigenvalue weighted by Gasteiger charge is 2.17. The van der Waals surface area contributed by atoms with E-state index in [-0.39, 0.29) is 5.91 Å². The third-order valence-electron chi connectivity index (χ3n) is 3.79. The third-order valence-corrected chi connectivity index (χ3v) is 5.98. The summed E-state index contributed by atoms with van der Waals surface area (Å²) in [6, 6.07) is 9.58. The summed E-state index contributed by atoms with van der Waals surface area (Å²) in [7, 11) is 0. The van der Waals surface area contributed by atoms with E-state index in [0.29, 0.717) is 4.88 Å². The van der Waals surface area contributed by atoms with Crippen molar-refractivity contribution in [3.63, 3.8) is 0 Å². The molecular formula is C17H14N6OS2. The van der Waals surface area contributed by atoms with Crippen LogP contribution in [0.5, 0.6) is 0 Å². The molecule has 9 heteroatoms. The van der Waals surface area contributed by atoms with Gasteiger partial charge in [-0.2, -0.15) is 0 Å². The van der Waals surface area contributed by atoms with E-state index in [0.717, 1.165) is 32.5 Å². The SMILES string of the molecule is Cc1cc(NC(=O)c2sc(-c3cccs3)nc2C)ccc1-n1cnnn1. The van der Waals surface area contributed by atoms with Crippen LogP contribution in [0.4, 0.5) is 5.69 Å². The van der Waals surface area contributed by atoms with Crippen LogP contribution in [0, 0.1) is 13.8 Å². The van der Waals surface area contributed by atoms with Gasteiger partial charge in [0.1, 0.15) is 16.2 Å². The number of carbonyl (C=O) groups excluding carboxylic acids is 1. The van der Waals surface area contributed by atoms with E-state index in [2.05, 4.69) is 25.8 Å². The molecule has 4 rings (SSSR count). The Morgan fingerprint density at radius 2 is 2.12 bits per heavy atom. The van der Waals surface area contributed by atoms with E-state index in [9.17, 15) is 4.79 Å². The van der Waals surface area contributed by atoms with Gasteiger partial charge < -0.3 is 5.32 Å². The van der Waals surface area contributed by atoms with Crippen LogP contribution in [0.25, 0.3) is 15.6 Å². The molecule has 0 aliphatic rings. The molecular weight excluding hydrogens is 368 g/mol. The first-order valence-corrected chi connectivity index (χ1v) is 9.48. The maximum atomic E-state index is 12.7. The first-order valence-electron chi connectivity index (χ1n) is 7.78. The van der Waals surface area contributed by atoms with Crippen molar-refractivity contribution >= 4 is 34.3 Å². The van der Waals surface area contributed by atoms with E-state index in [4.69, 9.17) is 0 Å². The molecule has 0 saturated carbocycles. The maximum Gasteiger partial charge on any atom is 0.267 e. The normalized spacial score (nSPS) is 10.8. The number of amides is 1. The van der Waals surface area contributed by atoms with Crippen LogP contribution in [0.15, 0.2) is 42.0 Å². The smallest absolute Gasteiger partial charge is 0.267 e. The molecule has 0 radical (unpaired) electrons. The molecule has 0 unspecified atom stereocenters. The van der Waals surface area contributed by atoms with Gasteiger partial charge in [-0.3, -0.25) is 4.79 Å². The first-order chi connectivity index (χ1) is 12.6. The number of carbonyl (C=O) groups is 1. The minimum atomic E-state index is -0.155. The minimum absolute atomic E-state index is 0.155. The van der Waals surface area contributed by atoms with Crippen LogP contribution in [0.2, 0.25) is 0 Å². The van der Waals surface area contributed by atoms with E-state index < -0.39 is 0 Å². The van der Waals surface area contributed by atoms with Gasteiger partial charge in [-0.15, -0.1) is 27.8 Å². The largest absolute Gasteiger partial charge is 0.321 e. The van der Waals surface area contributed by atoms with Gasteiger partial charge in [0.25, 0.3) is 5.91 Å². The van der Waals surface area contributed by atoms with Crippen molar-refractivity contribution in [3.05, 3.63) is 58.2 Å². The van der Waals surface area contributed by atoms with Gasteiger partial charge in [-0.1, -0.05) is 6.07 Å². The second-order valence-electron chi connectivity index (χ2n) is 5.62. The summed E-state index contributed by atoms with van der Waals surface area (Å²) < 4.78 is 1.58. The quantitative estimate of drug-likeness (QED) is 0.581. The van der Waals surface area contributed by atoms with Gasteiger partial charge in [0.15, 0.2) is 0 Å². The summed E-state index contributed by atoms with van der Waals surface area (Å²) >= 11 is 3.02. The monoisotopic (exact) mass is 382 g/mol. The lowest BCUT2D eigenvalue weighted by atomic mass is 10.1. The Labute approximate surface area is 157 Å². The summed E-state index contributed by atoms with van der Waals surface area (Å²) in [4.78, 5) is 18.9. The molecule has 0 spiro atoms. The zero-order chi connectivity index (χ0) is 18.1. The molecule has 0 atom stereocenters. The molecule has 0 fully saturated rings. The van der Waals surface area contributed by atoms with Crippen LogP contribution in [-0.2, 0) is 0 Å². The highest BCUT2D eigenvalue weighted by Crippen LogP contribution is 2.31. The second-order valence-corrected chi connectivity index (χ2v) is 7.57. The first kappa shape index (κ1) is 16.6. The Bertz CT molecular complexity index is 1050. The van der Waals surface area contributed by atoms with Crippen LogP contribution < -0.4 is 5.32 Å². The Kier molecular flexibility index (Phi) is 4.31. The molecule has 1 N–H and O–H groups in total. The van der Waals surface area contributed by atoms with Gasteiger partial charge in [0.05, 0.1) is 16.3 Å². The predicted molar refractivity (Wildman–Crippen MR) is 102 cm³/mol. The van der Waals surface area contributed by atoms with Crippen molar-refractivity contribution in [2.75, 3.05) is 5.32 Å². The molecule has 7 nitrogen and oxygen atoms in total. The second kappa shape index (κ2) is 6.77. The maximum absolute atomic E-state index is 12.7. The van der Waals surface area contributed by atoms with Crippen molar-refractivity contribution in [3.8, 4) is 15.6 Å². The number of thiophene rings is 1. The highest BCUT2D eigenvalue weighted by molar-refractivity contribution is 7.22. The van der Waals surface area contributed by atoms with Gasteiger partial charge >= 0.3 is 0 Å². The van der Waals surface area contributed by atoms with Crippen LogP contribution >= 0.6 is 22.7 Å². The summed E-state index contributed by atoms with van der Waals surface area (Å²) in [6.45, 7) is 3.80. The van der Waals surface area contributed by atoms with Crippen molar-refractivity contribution in [1.29, 1.82) is 0 Å². The van der Waals surface area contributed by atoms with E-state index in [1.165, 1.54) is 17.7 Å². The molecule has 130 valence electrons. The van der Waals surface area contributed by atoms with Crippen LogP contribution in [-0.4, -0.2) is 31.1 Å². The van der Waals surface area contributed by atoms with Gasteiger partial charge in [0, 0.05) is 5.69 Å². The van der Waals surface area contributed by atoms with Crippen molar-refractivity contribution in [2.45, 2.75) is 13.8 Å². The Morgan fingerprint density at radius 1 is 1.23 bits per heavy atom. The Morgan fingerprint density at radius 3 is 2.81 bits per heavy atom. The molecule has 1 aromatic carbocycles. The summed E-state index contributed by atoms with van der Waals surface area (Å²) in [6.07, 6.45) is 1.54. The fourth-order valence-electron chi connectivity index (χ4n) is 2.56. The number of hydrogen-bond donors (Lipinski definition) is 1. The fraction of sp³-hybridized carbons (Fsp3) is 0.118. The number of thiazole rings is 1. The number of rotatable bonds is 4. The number of hydrogen-bond acceptors (Lipinski definition) is 7. The van der Waals surface area contributed by atoms with Gasteiger partial charge in [0.2, 0.25) is 0 Å². The summed E-state index contributed by atoms with van der Waals surface area (Å²) in [5.41, 5.74) is 3.27. The number of aromatic nitrogens is 5. The van der Waals surface area contributed by atoms with E-state index >= 15 is 0 Å². The number of aryl methyl sites for hydroxylation is 2. The zero-order valence-electron chi connectivity index (χ0n) is 14.0.